The number of nitrogens with one attached hydrogen (secondary N) is 2. The van der Waals surface area contributed by atoms with Crippen LogP contribution < -0.4 is 16.2 Å². The topological polar surface area (TPSA) is 59.0 Å². The van der Waals surface area contributed by atoms with E-state index in [1.165, 1.54) is 4.68 Å². The van der Waals surface area contributed by atoms with Crippen molar-refractivity contribution in [2.75, 3.05) is 25.5 Å². The summed E-state index contributed by atoms with van der Waals surface area (Å²) in [6.07, 6.45) is 1.57. The van der Waals surface area contributed by atoms with Crippen LogP contribution in [0.5, 0.6) is 0 Å². The number of halogens is 1. The maximum absolute atomic E-state index is 11.6. The predicted octanol–water partition coefficient (Wildman–Crippen LogP) is 0.548. The lowest BCUT2D eigenvalue weighted by atomic mass is 10.4. The van der Waals surface area contributed by atoms with Gasteiger partial charge >= 0.3 is 0 Å². The van der Waals surface area contributed by atoms with Crippen LogP contribution >= 0.6 is 11.6 Å². The molecule has 0 aromatic carbocycles. The summed E-state index contributed by atoms with van der Waals surface area (Å²) in [6, 6.07) is 0. The van der Waals surface area contributed by atoms with Crippen molar-refractivity contribution in [3.63, 3.8) is 0 Å². The third-order valence-electron chi connectivity index (χ3n) is 1.97. The lowest BCUT2D eigenvalue weighted by molar-refractivity contribution is 0.616. The Balaban J connectivity index is 2.82. The highest BCUT2D eigenvalue weighted by atomic mass is 35.5. The van der Waals surface area contributed by atoms with Crippen LogP contribution in [-0.2, 0) is 6.54 Å². The highest BCUT2D eigenvalue weighted by molar-refractivity contribution is 6.32. The van der Waals surface area contributed by atoms with Crippen LogP contribution in [0.25, 0.3) is 0 Å². The molecule has 0 saturated heterocycles. The fourth-order valence-electron chi connectivity index (χ4n) is 1.14. The monoisotopic (exact) mass is 230 g/mol. The van der Waals surface area contributed by atoms with Gasteiger partial charge in [-0.15, -0.1) is 0 Å². The molecule has 5 nitrogen and oxygen atoms in total. The molecule has 1 aromatic heterocycles. The highest BCUT2D eigenvalue weighted by Gasteiger charge is 2.07. The molecule has 0 aliphatic rings. The molecule has 0 bridgehead atoms. The van der Waals surface area contributed by atoms with Gasteiger partial charge in [-0.2, -0.15) is 5.10 Å². The van der Waals surface area contributed by atoms with Crippen LogP contribution in [0.15, 0.2) is 11.0 Å². The molecule has 0 aliphatic carbocycles. The molecule has 0 atom stereocenters. The second-order valence-corrected chi connectivity index (χ2v) is 3.40. The van der Waals surface area contributed by atoms with Crippen LogP contribution in [0.3, 0.4) is 0 Å². The number of hydrogen-bond acceptors (Lipinski definition) is 4. The van der Waals surface area contributed by atoms with Gasteiger partial charge in [0.25, 0.3) is 5.56 Å². The molecule has 0 spiro atoms. The van der Waals surface area contributed by atoms with Crippen molar-refractivity contribution in [3.05, 3.63) is 21.6 Å². The van der Waals surface area contributed by atoms with E-state index in [9.17, 15) is 4.79 Å². The number of rotatable bonds is 5. The minimum Gasteiger partial charge on any atom is -0.381 e. The van der Waals surface area contributed by atoms with E-state index in [0.29, 0.717) is 18.8 Å². The quantitative estimate of drug-likeness (QED) is 0.726. The molecule has 1 aromatic rings. The molecule has 2 N–H and O–H groups in total. The maximum Gasteiger partial charge on any atom is 0.287 e. The molecule has 0 unspecified atom stereocenters. The summed E-state index contributed by atoms with van der Waals surface area (Å²) in [6.45, 7) is 3.87. The summed E-state index contributed by atoms with van der Waals surface area (Å²) >= 11 is 5.90. The van der Waals surface area contributed by atoms with Crippen LogP contribution in [-0.4, -0.2) is 29.9 Å². The normalized spacial score (nSPS) is 10.3. The zero-order valence-corrected chi connectivity index (χ0v) is 9.64. The lowest BCUT2D eigenvalue weighted by Crippen LogP contribution is -2.25. The van der Waals surface area contributed by atoms with E-state index >= 15 is 0 Å². The summed E-state index contributed by atoms with van der Waals surface area (Å²) in [5.41, 5.74) is 0.329. The molecule has 0 amide bonds. The Morgan fingerprint density at radius 2 is 2.27 bits per heavy atom. The van der Waals surface area contributed by atoms with Crippen molar-refractivity contribution < 1.29 is 0 Å². The van der Waals surface area contributed by atoms with Gasteiger partial charge < -0.3 is 10.6 Å². The highest BCUT2D eigenvalue weighted by Crippen LogP contribution is 2.14. The molecule has 84 valence electrons. The van der Waals surface area contributed by atoms with E-state index in [4.69, 9.17) is 11.6 Å². The summed E-state index contributed by atoms with van der Waals surface area (Å²) in [5.74, 6) is 0. The molecule has 0 fully saturated rings. The van der Waals surface area contributed by atoms with Crippen molar-refractivity contribution in [3.8, 4) is 0 Å². The standard InChI is InChI=1S/C9H15ClN4O/c1-3-14-9(15)8(10)7(6-13-14)12-5-4-11-2/h6,11-12H,3-5H2,1-2H3. The van der Waals surface area contributed by atoms with E-state index in [1.54, 1.807) is 6.20 Å². The summed E-state index contributed by atoms with van der Waals surface area (Å²) in [4.78, 5) is 11.6. The summed E-state index contributed by atoms with van der Waals surface area (Å²) in [5, 5.41) is 10.2. The first-order valence-electron chi connectivity index (χ1n) is 4.84. The zero-order valence-electron chi connectivity index (χ0n) is 8.88. The van der Waals surface area contributed by atoms with E-state index in [-0.39, 0.29) is 10.6 Å². The van der Waals surface area contributed by atoms with Gasteiger partial charge in [-0.1, -0.05) is 11.6 Å². The van der Waals surface area contributed by atoms with Gasteiger partial charge in [-0.05, 0) is 14.0 Å². The molecule has 6 heteroatoms. The third kappa shape index (κ3) is 2.94. The van der Waals surface area contributed by atoms with Gasteiger partial charge in [0.05, 0.1) is 11.9 Å². The summed E-state index contributed by atoms with van der Waals surface area (Å²) < 4.78 is 1.32. The molecule has 0 saturated carbocycles. The first-order valence-corrected chi connectivity index (χ1v) is 5.22. The number of nitrogens with zero attached hydrogens (tertiary/aromatic N) is 2. The van der Waals surface area contributed by atoms with Gasteiger partial charge in [-0.25, -0.2) is 4.68 Å². The number of aromatic nitrogens is 2. The Kier molecular flexibility index (Phi) is 4.58. The van der Waals surface area contributed by atoms with Crippen molar-refractivity contribution >= 4 is 17.3 Å². The van der Waals surface area contributed by atoms with E-state index in [2.05, 4.69) is 15.7 Å². The van der Waals surface area contributed by atoms with Gasteiger partial charge in [0.1, 0.15) is 5.02 Å². The molecule has 1 heterocycles. The minimum atomic E-state index is -0.256. The van der Waals surface area contributed by atoms with Gasteiger partial charge in [0.2, 0.25) is 0 Å². The van der Waals surface area contributed by atoms with E-state index in [1.807, 2.05) is 14.0 Å². The molecule has 0 aliphatic heterocycles. The number of aryl methyl sites for hydroxylation is 1. The van der Waals surface area contributed by atoms with Crippen LogP contribution in [0.2, 0.25) is 5.02 Å². The van der Waals surface area contributed by atoms with Crippen LogP contribution in [0, 0.1) is 0 Å². The Bertz CT molecular complexity index is 377. The van der Waals surface area contributed by atoms with Gasteiger partial charge in [0.15, 0.2) is 0 Å². The molecule has 15 heavy (non-hydrogen) atoms. The zero-order chi connectivity index (χ0) is 11.3. The van der Waals surface area contributed by atoms with Crippen molar-refractivity contribution in [1.82, 2.24) is 15.1 Å². The second-order valence-electron chi connectivity index (χ2n) is 3.02. The van der Waals surface area contributed by atoms with Crippen LogP contribution in [0.1, 0.15) is 6.92 Å². The van der Waals surface area contributed by atoms with Crippen molar-refractivity contribution in [2.24, 2.45) is 0 Å². The number of anilines is 1. The Labute approximate surface area is 93.4 Å². The average Bonchev–Trinajstić information content (AvgIpc) is 2.25. The van der Waals surface area contributed by atoms with Gasteiger partial charge in [0, 0.05) is 19.6 Å². The van der Waals surface area contributed by atoms with Crippen LogP contribution in [0.4, 0.5) is 5.69 Å². The fourth-order valence-corrected chi connectivity index (χ4v) is 1.35. The second kappa shape index (κ2) is 5.72. The molecule has 1 rings (SSSR count). The molecular weight excluding hydrogens is 216 g/mol. The van der Waals surface area contributed by atoms with Crippen molar-refractivity contribution in [1.29, 1.82) is 0 Å². The Morgan fingerprint density at radius 3 is 2.87 bits per heavy atom. The first-order chi connectivity index (χ1) is 7.20. The smallest absolute Gasteiger partial charge is 0.287 e. The van der Waals surface area contributed by atoms with Gasteiger partial charge in [-0.3, -0.25) is 4.79 Å². The maximum atomic E-state index is 11.6. The lowest BCUT2D eigenvalue weighted by Gasteiger charge is -2.08. The van der Waals surface area contributed by atoms with Crippen molar-refractivity contribution in [2.45, 2.75) is 13.5 Å². The predicted molar refractivity (Wildman–Crippen MR) is 61.6 cm³/mol. The fraction of sp³-hybridized carbons (Fsp3) is 0.556. The molecule has 0 radical (unpaired) electrons. The van der Waals surface area contributed by atoms with E-state index < -0.39 is 0 Å². The number of hydrogen-bond donors (Lipinski definition) is 2. The Morgan fingerprint density at radius 1 is 1.53 bits per heavy atom. The van der Waals surface area contributed by atoms with E-state index in [0.717, 1.165) is 6.54 Å². The molecular formula is C9H15ClN4O. The first kappa shape index (κ1) is 12.0. The minimum absolute atomic E-state index is 0.197. The third-order valence-corrected chi connectivity index (χ3v) is 2.34. The Hall–Kier alpha value is -1.07. The number of likely N-dealkylation sites (N-methyl/N-ethyl adjacent to an activating group) is 1. The SMILES string of the molecule is CCn1ncc(NCCNC)c(Cl)c1=O. The largest absolute Gasteiger partial charge is 0.381 e. The average molecular weight is 231 g/mol. The summed E-state index contributed by atoms with van der Waals surface area (Å²) in [7, 11) is 1.86.